The molecule has 104 valence electrons. The van der Waals surface area contributed by atoms with Crippen LogP contribution in [0.25, 0.3) is 11.3 Å². The number of aryl methyl sites for hydroxylation is 1. The van der Waals surface area contributed by atoms with Crippen LogP contribution >= 0.6 is 0 Å². The molecule has 0 saturated carbocycles. The van der Waals surface area contributed by atoms with Crippen molar-refractivity contribution in [3.05, 3.63) is 36.0 Å². The highest BCUT2D eigenvalue weighted by Gasteiger charge is 2.23. The number of hydrogen-bond donors (Lipinski definition) is 2. The molecule has 1 aliphatic heterocycles. The van der Waals surface area contributed by atoms with E-state index in [0.717, 1.165) is 35.5 Å². The summed E-state index contributed by atoms with van der Waals surface area (Å²) in [5.74, 6) is -0.0714. The van der Waals surface area contributed by atoms with Gasteiger partial charge in [-0.15, -0.1) is 0 Å². The number of H-pyrrole nitrogens is 1. The van der Waals surface area contributed by atoms with E-state index in [0.29, 0.717) is 6.61 Å². The SMILES string of the molecule is Cc1cc(-c2cccc(NC(=O)C3CCCO3)c2)n[nH]1. The second kappa shape index (κ2) is 5.46. The van der Waals surface area contributed by atoms with Crippen LogP contribution in [0.3, 0.4) is 0 Å². The molecule has 2 N–H and O–H groups in total. The van der Waals surface area contributed by atoms with Crippen molar-refractivity contribution in [1.82, 2.24) is 10.2 Å². The molecule has 1 amide bonds. The lowest BCUT2D eigenvalue weighted by atomic mass is 10.1. The quantitative estimate of drug-likeness (QED) is 0.901. The lowest BCUT2D eigenvalue weighted by molar-refractivity contribution is -0.124. The zero-order chi connectivity index (χ0) is 13.9. The fourth-order valence-electron chi connectivity index (χ4n) is 2.33. The summed E-state index contributed by atoms with van der Waals surface area (Å²) < 4.78 is 5.38. The Kier molecular flexibility index (Phi) is 3.52. The minimum absolute atomic E-state index is 0.0714. The van der Waals surface area contributed by atoms with Crippen molar-refractivity contribution >= 4 is 11.6 Å². The molecule has 1 saturated heterocycles. The van der Waals surface area contributed by atoms with Crippen molar-refractivity contribution in [1.29, 1.82) is 0 Å². The summed E-state index contributed by atoms with van der Waals surface area (Å²) in [5, 5.41) is 10.0. The van der Waals surface area contributed by atoms with Crippen molar-refractivity contribution in [2.24, 2.45) is 0 Å². The predicted molar refractivity (Wildman–Crippen MR) is 76.4 cm³/mol. The van der Waals surface area contributed by atoms with Crippen LogP contribution in [0.15, 0.2) is 30.3 Å². The molecule has 20 heavy (non-hydrogen) atoms. The molecule has 5 nitrogen and oxygen atoms in total. The predicted octanol–water partition coefficient (Wildman–Crippen LogP) is 2.50. The van der Waals surface area contributed by atoms with Gasteiger partial charge in [0.05, 0.1) is 5.69 Å². The first kappa shape index (κ1) is 12.9. The number of rotatable bonds is 3. The minimum Gasteiger partial charge on any atom is -0.368 e. The van der Waals surface area contributed by atoms with Crippen LogP contribution in [0.4, 0.5) is 5.69 Å². The van der Waals surface area contributed by atoms with Crippen molar-refractivity contribution < 1.29 is 9.53 Å². The number of aromatic nitrogens is 2. The first-order chi connectivity index (χ1) is 9.72. The molecular formula is C15H17N3O2. The second-order valence-corrected chi connectivity index (χ2v) is 5.01. The fraction of sp³-hybridized carbons (Fsp3) is 0.333. The Balaban J connectivity index is 1.75. The van der Waals surface area contributed by atoms with E-state index in [1.165, 1.54) is 0 Å². The molecule has 1 aliphatic rings. The van der Waals surface area contributed by atoms with E-state index in [4.69, 9.17) is 4.74 Å². The number of aromatic amines is 1. The number of carbonyl (C=O) groups excluding carboxylic acids is 1. The van der Waals surface area contributed by atoms with Crippen LogP contribution in [0.2, 0.25) is 0 Å². The van der Waals surface area contributed by atoms with Crippen molar-refractivity contribution in [2.45, 2.75) is 25.9 Å². The highest BCUT2D eigenvalue weighted by molar-refractivity contribution is 5.94. The van der Waals surface area contributed by atoms with Crippen LogP contribution in [0.5, 0.6) is 0 Å². The number of hydrogen-bond acceptors (Lipinski definition) is 3. The molecule has 5 heteroatoms. The molecule has 1 atom stereocenters. The molecule has 2 aromatic rings. The zero-order valence-electron chi connectivity index (χ0n) is 11.3. The summed E-state index contributed by atoms with van der Waals surface area (Å²) in [5.41, 5.74) is 3.62. The van der Waals surface area contributed by atoms with E-state index in [2.05, 4.69) is 15.5 Å². The summed E-state index contributed by atoms with van der Waals surface area (Å²) in [6.07, 6.45) is 1.43. The average Bonchev–Trinajstić information content (AvgIpc) is 3.10. The van der Waals surface area contributed by atoms with Gasteiger partial charge in [-0.2, -0.15) is 5.10 Å². The molecule has 0 bridgehead atoms. The number of amides is 1. The molecule has 1 aromatic carbocycles. The highest BCUT2D eigenvalue weighted by Crippen LogP contribution is 2.22. The van der Waals surface area contributed by atoms with Gasteiger partial charge in [0.25, 0.3) is 5.91 Å². The molecule has 0 aliphatic carbocycles. The third kappa shape index (κ3) is 2.72. The van der Waals surface area contributed by atoms with E-state index in [1.807, 2.05) is 37.3 Å². The number of benzene rings is 1. The maximum Gasteiger partial charge on any atom is 0.253 e. The Morgan fingerprint density at radius 2 is 2.35 bits per heavy atom. The van der Waals surface area contributed by atoms with Crippen LogP contribution in [0, 0.1) is 6.92 Å². The van der Waals surface area contributed by atoms with Gasteiger partial charge in [-0.3, -0.25) is 9.89 Å². The summed E-state index contributed by atoms with van der Waals surface area (Å²) in [7, 11) is 0. The Morgan fingerprint density at radius 3 is 3.05 bits per heavy atom. The minimum atomic E-state index is -0.314. The topological polar surface area (TPSA) is 67.0 Å². The van der Waals surface area contributed by atoms with Crippen molar-refractivity contribution in [2.75, 3.05) is 11.9 Å². The normalized spacial score (nSPS) is 18.1. The Hall–Kier alpha value is -2.14. The second-order valence-electron chi connectivity index (χ2n) is 5.01. The lowest BCUT2D eigenvalue weighted by Gasteiger charge is -2.10. The molecule has 1 fully saturated rings. The number of carbonyl (C=O) groups is 1. The molecular weight excluding hydrogens is 254 g/mol. The molecule has 0 spiro atoms. The standard InChI is InChI=1S/C15H17N3O2/c1-10-8-13(18-17-10)11-4-2-5-12(9-11)16-15(19)14-6-3-7-20-14/h2,4-5,8-9,14H,3,6-7H2,1H3,(H,16,19)(H,17,18). The van der Waals surface area contributed by atoms with Crippen LogP contribution in [-0.4, -0.2) is 28.8 Å². The van der Waals surface area contributed by atoms with Gasteiger partial charge in [0.1, 0.15) is 6.10 Å². The van der Waals surface area contributed by atoms with Gasteiger partial charge < -0.3 is 10.1 Å². The highest BCUT2D eigenvalue weighted by atomic mass is 16.5. The van der Waals surface area contributed by atoms with Gasteiger partial charge >= 0.3 is 0 Å². The van der Waals surface area contributed by atoms with E-state index in [1.54, 1.807) is 0 Å². The smallest absolute Gasteiger partial charge is 0.253 e. The third-order valence-electron chi connectivity index (χ3n) is 3.35. The first-order valence-corrected chi connectivity index (χ1v) is 6.77. The number of ether oxygens (including phenoxy) is 1. The lowest BCUT2D eigenvalue weighted by Crippen LogP contribution is -2.26. The van der Waals surface area contributed by atoms with Gasteiger partial charge in [-0.25, -0.2) is 0 Å². The van der Waals surface area contributed by atoms with E-state index < -0.39 is 0 Å². The summed E-state index contributed by atoms with van der Waals surface area (Å²) in [6, 6.07) is 9.64. The monoisotopic (exact) mass is 271 g/mol. The van der Waals surface area contributed by atoms with Gasteiger partial charge in [0.15, 0.2) is 0 Å². The number of nitrogens with zero attached hydrogens (tertiary/aromatic N) is 1. The zero-order valence-corrected chi connectivity index (χ0v) is 11.3. The summed E-state index contributed by atoms with van der Waals surface area (Å²) >= 11 is 0. The van der Waals surface area contributed by atoms with Crippen LogP contribution in [0.1, 0.15) is 18.5 Å². The summed E-state index contributed by atoms with van der Waals surface area (Å²) in [6.45, 7) is 2.63. The van der Waals surface area contributed by atoms with E-state index in [-0.39, 0.29) is 12.0 Å². The Morgan fingerprint density at radius 1 is 1.45 bits per heavy atom. The van der Waals surface area contributed by atoms with Gasteiger partial charge in [0, 0.05) is 23.6 Å². The summed E-state index contributed by atoms with van der Waals surface area (Å²) in [4.78, 5) is 12.0. The maximum absolute atomic E-state index is 12.0. The fourth-order valence-corrected chi connectivity index (χ4v) is 2.33. The van der Waals surface area contributed by atoms with Crippen molar-refractivity contribution in [3.8, 4) is 11.3 Å². The van der Waals surface area contributed by atoms with E-state index >= 15 is 0 Å². The van der Waals surface area contributed by atoms with E-state index in [9.17, 15) is 4.79 Å². The Bertz CT molecular complexity index is 615. The molecule has 0 radical (unpaired) electrons. The van der Waals surface area contributed by atoms with Gasteiger partial charge in [-0.05, 0) is 38.0 Å². The maximum atomic E-state index is 12.0. The molecule has 3 rings (SSSR count). The van der Waals surface area contributed by atoms with Crippen molar-refractivity contribution in [3.63, 3.8) is 0 Å². The number of anilines is 1. The van der Waals surface area contributed by atoms with Crippen LogP contribution < -0.4 is 5.32 Å². The third-order valence-corrected chi connectivity index (χ3v) is 3.35. The van der Waals surface area contributed by atoms with Crippen LogP contribution in [-0.2, 0) is 9.53 Å². The molecule has 1 aromatic heterocycles. The van der Waals surface area contributed by atoms with Gasteiger partial charge in [0.2, 0.25) is 0 Å². The Labute approximate surface area is 117 Å². The first-order valence-electron chi connectivity index (χ1n) is 6.77. The molecule has 1 unspecified atom stereocenters. The average molecular weight is 271 g/mol. The van der Waals surface area contributed by atoms with Gasteiger partial charge in [-0.1, -0.05) is 12.1 Å². The largest absolute Gasteiger partial charge is 0.368 e. The molecule has 2 heterocycles. The number of nitrogens with one attached hydrogen (secondary N) is 2.